The van der Waals surface area contributed by atoms with Gasteiger partial charge in [-0.15, -0.1) is 12.4 Å². The van der Waals surface area contributed by atoms with Crippen molar-refractivity contribution in [1.82, 2.24) is 4.98 Å². The summed E-state index contributed by atoms with van der Waals surface area (Å²) in [5.74, 6) is 0.790. The van der Waals surface area contributed by atoms with E-state index >= 15 is 0 Å². The highest BCUT2D eigenvalue weighted by atomic mass is 35.5. The summed E-state index contributed by atoms with van der Waals surface area (Å²) >= 11 is 0. The quantitative estimate of drug-likeness (QED) is 0.792. The van der Waals surface area contributed by atoms with Crippen LogP contribution >= 0.6 is 12.4 Å². The molecule has 1 aromatic rings. The van der Waals surface area contributed by atoms with Crippen molar-refractivity contribution in [2.24, 2.45) is 5.73 Å². The van der Waals surface area contributed by atoms with E-state index in [4.69, 9.17) is 5.73 Å². The first-order valence-corrected chi connectivity index (χ1v) is 4.55. The molecule has 2 N–H and O–H groups in total. The van der Waals surface area contributed by atoms with Crippen LogP contribution in [-0.2, 0) is 6.54 Å². The normalized spacial score (nSPS) is 16.1. The molecule has 0 aromatic carbocycles. The second-order valence-electron chi connectivity index (χ2n) is 3.41. The standard InChI is InChI=1S/C10H14N2.ClH/c11-7-10-6-9(4-5-12-10)8-2-1-3-8;/h4-6,8H,1-3,7,11H2;1H. The van der Waals surface area contributed by atoms with Crippen molar-refractivity contribution < 1.29 is 0 Å². The molecule has 72 valence electrons. The van der Waals surface area contributed by atoms with Crippen LogP contribution in [0.3, 0.4) is 0 Å². The summed E-state index contributed by atoms with van der Waals surface area (Å²) in [6.07, 6.45) is 5.93. The van der Waals surface area contributed by atoms with Crippen molar-refractivity contribution in [3.05, 3.63) is 29.6 Å². The van der Waals surface area contributed by atoms with Crippen LogP contribution in [0.1, 0.15) is 36.4 Å². The van der Waals surface area contributed by atoms with E-state index in [-0.39, 0.29) is 12.4 Å². The zero-order valence-electron chi connectivity index (χ0n) is 7.57. The molecular weight excluding hydrogens is 184 g/mol. The van der Waals surface area contributed by atoms with Crippen molar-refractivity contribution in [3.63, 3.8) is 0 Å². The summed E-state index contributed by atoms with van der Waals surface area (Å²) in [6.45, 7) is 0.556. The summed E-state index contributed by atoms with van der Waals surface area (Å²) in [6, 6.07) is 4.26. The number of nitrogens with two attached hydrogens (primary N) is 1. The highest BCUT2D eigenvalue weighted by Gasteiger charge is 2.19. The minimum absolute atomic E-state index is 0. The molecule has 0 spiro atoms. The minimum Gasteiger partial charge on any atom is -0.325 e. The van der Waals surface area contributed by atoms with Crippen LogP contribution in [0.2, 0.25) is 0 Å². The molecule has 0 atom stereocenters. The van der Waals surface area contributed by atoms with Gasteiger partial charge in [-0.05, 0) is 36.5 Å². The van der Waals surface area contributed by atoms with Crippen LogP contribution in [0.25, 0.3) is 0 Å². The molecule has 0 aliphatic heterocycles. The van der Waals surface area contributed by atoms with Crippen molar-refractivity contribution in [1.29, 1.82) is 0 Å². The number of halogens is 1. The molecule has 1 heterocycles. The van der Waals surface area contributed by atoms with Gasteiger partial charge in [0.05, 0.1) is 5.69 Å². The number of nitrogens with zero attached hydrogens (tertiary/aromatic N) is 1. The van der Waals surface area contributed by atoms with E-state index < -0.39 is 0 Å². The number of hydrogen-bond donors (Lipinski definition) is 1. The van der Waals surface area contributed by atoms with Gasteiger partial charge in [0.25, 0.3) is 0 Å². The molecule has 0 bridgehead atoms. The fraction of sp³-hybridized carbons (Fsp3) is 0.500. The fourth-order valence-electron chi connectivity index (χ4n) is 1.60. The third-order valence-corrected chi connectivity index (χ3v) is 2.63. The number of aromatic nitrogens is 1. The van der Waals surface area contributed by atoms with Crippen molar-refractivity contribution in [2.45, 2.75) is 31.7 Å². The third-order valence-electron chi connectivity index (χ3n) is 2.63. The molecule has 2 nitrogen and oxygen atoms in total. The van der Waals surface area contributed by atoms with Crippen LogP contribution in [0.15, 0.2) is 18.3 Å². The molecule has 1 fully saturated rings. The number of pyridine rings is 1. The second-order valence-corrected chi connectivity index (χ2v) is 3.41. The van der Waals surface area contributed by atoms with E-state index in [0.717, 1.165) is 11.6 Å². The highest BCUT2D eigenvalue weighted by Crippen LogP contribution is 2.36. The lowest BCUT2D eigenvalue weighted by Gasteiger charge is -2.25. The maximum atomic E-state index is 5.52. The summed E-state index contributed by atoms with van der Waals surface area (Å²) in [7, 11) is 0. The Hall–Kier alpha value is -0.600. The first kappa shape index (κ1) is 10.5. The van der Waals surface area contributed by atoms with Gasteiger partial charge in [-0.2, -0.15) is 0 Å². The first-order chi connectivity index (χ1) is 5.90. The van der Waals surface area contributed by atoms with Gasteiger partial charge in [-0.1, -0.05) is 6.42 Å². The van der Waals surface area contributed by atoms with Gasteiger partial charge in [0.2, 0.25) is 0 Å². The summed E-state index contributed by atoms with van der Waals surface area (Å²) in [5, 5.41) is 0. The molecule has 2 rings (SSSR count). The molecule has 0 amide bonds. The maximum absolute atomic E-state index is 5.52. The molecule has 0 saturated heterocycles. The van der Waals surface area contributed by atoms with E-state index in [1.807, 2.05) is 6.20 Å². The van der Waals surface area contributed by atoms with Crippen LogP contribution < -0.4 is 5.73 Å². The van der Waals surface area contributed by atoms with Gasteiger partial charge in [-0.3, -0.25) is 4.98 Å². The molecule has 1 aliphatic carbocycles. The largest absolute Gasteiger partial charge is 0.325 e. The molecule has 1 aliphatic rings. The average molecular weight is 199 g/mol. The summed E-state index contributed by atoms with van der Waals surface area (Å²) in [5.41, 5.74) is 7.96. The van der Waals surface area contributed by atoms with Gasteiger partial charge >= 0.3 is 0 Å². The zero-order chi connectivity index (χ0) is 8.39. The van der Waals surface area contributed by atoms with Crippen LogP contribution in [0, 0.1) is 0 Å². The van der Waals surface area contributed by atoms with Crippen LogP contribution in [-0.4, -0.2) is 4.98 Å². The van der Waals surface area contributed by atoms with E-state index in [2.05, 4.69) is 17.1 Å². The lowest BCUT2D eigenvalue weighted by molar-refractivity contribution is 0.419. The average Bonchev–Trinajstić information content (AvgIpc) is 2.02. The van der Waals surface area contributed by atoms with Gasteiger partial charge < -0.3 is 5.73 Å². The number of hydrogen-bond acceptors (Lipinski definition) is 2. The molecule has 3 heteroatoms. The Morgan fingerprint density at radius 1 is 1.46 bits per heavy atom. The Bertz CT molecular complexity index is 271. The Kier molecular flexibility index (Phi) is 3.70. The predicted octanol–water partition coefficient (Wildman–Crippen LogP) is 2.23. The van der Waals surface area contributed by atoms with Crippen LogP contribution in [0.4, 0.5) is 0 Å². The molecule has 0 radical (unpaired) electrons. The SMILES string of the molecule is Cl.NCc1cc(C2CCC2)ccn1. The second kappa shape index (κ2) is 4.58. The van der Waals surface area contributed by atoms with E-state index in [1.54, 1.807) is 0 Å². The minimum atomic E-state index is 0. The zero-order valence-corrected chi connectivity index (χ0v) is 8.39. The molecule has 1 aromatic heterocycles. The van der Waals surface area contributed by atoms with E-state index in [9.17, 15) is 0 Å². The summed E-state index contributed by atoms with van der Waals surface area (Å²) in [4.78, 5) is 4.17. The van der Waals surface area contributed by atoms with Gasteiger partial charge in [-0.25, -0.2) is 0 Å². The van der Waals surface area contributed by atoms with Gasteiger partial charge in [0.15, 0.2) is 0 Å². The lowest BCUT2D eigenvalue weighted by Crippen LogP contribution is -2.10. The molecule has 13 heavy (non-hydrogen) atoms. The fourth-order valence-corrected chi connectivity index (χ4v) is 1.60. The number of rotatable bonds is 2. The van der Waals surface area contributed by atoms with Crippen LogP contribution in [0.5, 0.6) is 0 Å². The lowest BCUT2D eigenvalue weighted by atomic mass is 9.80. The monoisotopic (exact) mass is 198 g/mol. The Morgan fingerprint density at radius 3 is 2.77 bits per heavy atom. The van der Waals surface area contributed by atoms with Crippen molar-refractivity contribution in [2.75, 3.05) is 0 Å². The Labute approximate surface area is 85.0 Å². The topological polar surface area (TPSA) is 38.9 Å². The maximum Gasteiger partial charge on any atom is 0.0542 e. The van der Waals surface area contributed by atoms with E-state index in [1.165, 1.54) is 24.8 Å². The van der Waals surface area contributed by atoms with E-state index in [0.29, 0.717) is 6.54 Å². The van der Waals surface area contributed by atoms with Crippen molar-refractivity contribution in [3.8, 4) is 0 Å². The summed E-state index contributed by atoms with van der Waals surface area (Å²) < 4.78 is 0. The highest BCUT2D eigenvalue weighted by molar-refractivity contribution is 5.85. The third kappa shape index (κ3) is 2.20. The predicted molar refractivity (Wildman–Crippen MR) is 56.0 cm³/mol. The Balaban J connectivity index is 0.000000845. The Morgan fingerprint density at radius 2 is 2.23 bits per heavy atom. The van der Waals surface area contributed by atoms with Gasteiger partial charge in [0, 0.05) is 12.7 Å². The first-order valence-electron chi connectivity index (χ1n) is 4.55. The van der Waals surface area contributed by atoms with Gasteiger partial charge in [0.1, 0.15) is 0 Å². The van der Waals surface area contributed by atoms with Crippen molar-refractivity contribution >= 4 is 12.4 Å². The molecule has 1 saturated carbocycles. The molecule has 0 unspecified atom stereocenters. The molecular formula is C10H15ClN2. The smallest absolute Gasteiger partial charge is 0.0542 e.